The molecule has 1 aromatic carbocycles. The standard InChI is InChI=1S/C21H23NO4S/c1-13-4-10-16-17(12-13)27-20(19(16)21(24)26-3)22-18(23)11-7-14-5-8-15(25-2)9-6-14/h5-9,11,13H,4,10,12H2,1-3H3,(H,22,23). The van der Waals surface area contributed by atoms with Gasteiger partial charge in [0.25, 0.3) is 0 Å². The molecule has 27 heavy (non-hydrogen) atoms. The van der Waals surface area contributed by atoms with Crippen LogP contribution in [-0.4, -0.2) is 26.1 Å². The van der Waals surface area contributed by atoms with E-state index in [1.54, 1.807) is 13.2 Å². The van der Waals surface area contributed by atoms with Crippen LogP contribution < -0.4 is 10.1 Å². The molecule has 0 radical (unpaired) electrons. The topological polar surface area (TPSA) is 64.6 Å². The summed E-state index contributed by atoms with van der Waals surface area (Å²) in [4.78, 5) is 25.8. The molecule has 0 saturated heterocycles. The molecule has 0 spiro atoms. The molecule has 142 valence electrons. The number of rotatable bonds is 5. The highest BCUT2D eigenvalue weighted by Crippen LogP contribution is 2.40. The Bertz CT molecular complexity index is 867. The fourth-order valence-corrected chi connectivity index (χ4v) is 4.60. The van der Waals surface area contributed by atoms with E-state index in [1.807, 2.05) is 24.3 Å². The normalized spacial score (nSPS) is 16.0. The first-order chi connectivity index (χ1) is 13.0. The lowest BCUT2D eigenvalue weighted by Crippen LogP contribution is -2.14. The maximum atomic E-state index is 12.4. The Labute approximate surface area is 163 Å². The number of carbonyl (C=O) groups is 2. The van der Waals surface area contributed by atoms with Gasteiger partial charge in [-0.3, -0.25) is 4.79 Å². The van der Waals surface area contributed by atoms with Crippen LogP contribution in [0.15, 0.2) is 30.3 Å². The lowest BCUT2D eigenvalue weighted by atomic mass is 9.88. The van der Waals surface area contributed by atoms with Gasteiger partial charge in [-0.1, -0.05) is 19.1 Å². The third kappa shape index (κ3) is 4.39. The Kier molecular flexibility index (Phi) is 5.96. The molecule has 1 aromatic heterocycles. The summed E-state index contributed by atoms with van der Waals surface area (Å²) in [7, 11) is 2.98. The van der Waals surface area contributed by atoms with Crippen LogP contribution >= 0.6 is 11.3 Å². The zero-order chi connectivity index (χ0) is 19.4. The number of anilines is 1. The summed E-state index contributed by atoms with van der Waals surface area (Å²) in [5, 5.41) is 3.43. The van der Waals surface area contributed by atoms with E-state index in [1.165, 1.54) is 29.4 Å². The van der Waals surface area contributed by atoms with E-state index in [2.05, 4.69) is 12.2 Å². The van der Waals surface area contributed by atoms with Crippen LogP contribution in [0.2, 0.25) is 0 Å². The summed E-state index contributed by atoms with van der Waals surface area (Å²) < 4.78 is 10.1. The Morgan fingerprint density at radius 1 is 1.22 bits per heavy atom. The van der Waals surface area contributed by atoms with Gasteiger partial charge in [-0.15, -0.1) is 11.3 Å². The van der Waals surface area contributed by atoms with Crippen LogP contribution in [-0.2, 0) is 22.4 Å². The van der Waals surface area contributed by atoms with Crippen molar-refractivity contribution in [1.82, 2.24) is 0 Å². The zero-order valence-corrected chi connectivity index (χ0v) is 16.5. The van der Waals surface area contributed by atoms with E-state index in [4.69, 9.17) is 9.47 Å². The quantitative estimate of drug-likeness (QED) is 0.615. The summed E-state index contributed by atoms with van der Waals surface area (Å²) in [6.45, 7) is 2.20. The predicted octanol–water partition coefficient (Wildman–Crippen LogP) is 4.32. The van der Waals surface area contributed by atoms with Crippen LogP contribution in [0.1, 0.15) is 39.7 Å². The van der Waals surface area contributed by atoms with Gasteiger partial charge in [0.05, 0.1) is 19.8 Å². The molecular formula is C21H23NO4S. The van der Waals surface area contributed by atoms with Crippen LogP contribution in [0.25, 0.3) is 6.08 Å². The number of amides is 1. The van der Waals surface area contributed by atoms with Crippen molar-refractivity contribution in [2.75, 3.05) is 19.5 Å². The highest BCUT2D eigenvalue weighted by Gasteiger charge is 2.28. The molecule has 6 heteroatoms. The van der Waals surface area contributed by atoms with Crippen molar-refractivity contribution in [2.45, 2.75) is 26.2 Å². The fraction of sp³-hybridized carbons (Fsp3) is 0.333. The molecule has 1 heterocycles. The molecule has 0 saturated carbocycles. The predicted molar refractivity (Wildman–Crippen MR) is 108 cm³/mol. The molecule has 5 nitrogen and oxygen atoms in total. The van der Waals surface area contributed by atoms with Crippen molar-refractivity contribution in [1.29, 1.82) is 0 Å². The lowest BCUT2D eigenvalue weighted by molar-refractivity contribution is -0.111. The van der Waals surface area contributed by atoms with E-state index >= 15 is 0 Å². The maximum absolute atomic E-state index is 12.4. The highest BCUT2D eigenvalue weighted by molar-refractivity contribution is 7.17. The third-order valence-electron chi connectivity index (χ3n) is 4.68. The Morgan fingerprint density at radius 2 is 1.96 bits per heavy atom. The molecule has 0 bridgehead atoms. The molecule has 1 N–H and O–H groups in total. The van der Waals surface area contributed by atoms with Gasteiger partial charge >= 0.3 is 5.97 Å². The van der Waals surface area contributed by atoms with E-state index in [0.29, 0.717) is 16.5 Å². The minimum Gasteiger partial charge on any atom is -0.497 e. The first-order valence-corrected chi connectivity index (χ1v) is 9.69. The van der Waals surface area contributed by atoms with E-state index in [-0.39, 0.29) is 5.91 Å². The summed E-state index contributed by atoms with van der Waals surface area (Å²) >= 11 is 1.48. The molecular weight excluding hydrogens is 362 g/mol. The minimum atomic E-state index is -0.392. The number of benzene rings is 1. The molecule has 1 amide bonds. The van der Waals surface area contributed by atoms with Crippen LogP contribution in [0, 0.1) is 5.92 Å². The number of hydrogen-bond acceptors (Lipinski definition) is 5. The summed E-state index contributed by atoms with van der Waals surface area (Å²) in [6.07, 6.45) is 6.00. The largest absolute Gasteiger partial charge is 0.497 e. The Morgan fingerprint density at radius 3 is 2.63 bits per heavy atom. The minimum absolute atomic E-state index is 0.275. The summed E-state index contributed by atoms with van der Waals surface area (Å²) in [6, 6.07) is 7.41. The maximum Gasteiger partial charge on any atom is 0.341 e. The summed E-state index contributed by atoms with van der Waals surface area (Å²) in [5.74, 6) is 0.678. The first kappa shape index (κ1) is 19.2. The van der Waals surface area contributed by atoms with Crippen LogP contribution in [0.4, 0.5) is 5.00 Å². The van der Waals surface area contributed by atoms with Crippen molar-refractivity contribution < 1.29 is 19.1 Å². The molecule has 3 rings (SSSR count). The second-order valence-electron chi connectivity index (χ2n) is 6.64. The number of hydrogen-bond donors (Lipinski definition) is 1. The number of methoxy groups -OCH3 is 2. The van der Waals surface area contributed by atoms with Gasteiger partial charge < -0.3 is 14.8 Å². The Balaban J connectivity index is 1.78. The SMILES string of the molecule is COC(=O)c1c(NC(=O)C=Cc2ccc(OC)cc2)sc2c1CCC(C)C2. The van der Waals surface area contributed by atoms with Crippen molar-refractivity contribution in [2.24, 2.45) is 5.92 Å². The number of esters is 1. The molecule has 1 aliphatic carbocycles. The van der Waals surface area contributed by atoms with E-state index < -0.39 is 5.97 Å². The van der Waals surface area contributed by atoms with Crippen molar-refractivity contribution in [3.63, 3.8) is 0 Å². The van der Waals surface area contributed by atoms with Gasteiger partial charge in [0.1, 0.15) is 10.8 Å². The lowest BCUT2D eigenvalue weighted by Gasteiger charge is -2.18. The zero-order valence-electron chi connectivity index (χ0n) is 15.7. The van der Waals surface area contributed by atoms with Gasteiger partial charge in [0, 0.05) is 11.0 Å². The monoisotopic (exact) mass is 385 g/mol. The van der Waals surface area contributed by atoms with Gasteiger partial charge in [-0.25, -0.2) is 4.79 Å². The molecule has 1 atom stereocenters. The molecule has 2 aromatic rings. The van der Waals surface area contributed by atoms with Crippen molar-refractivity contribution in [3.8, 4) is 5.75 Å². The average Bonchev–Trinajstić information content (AvgIpc) is 3.02. The second-order valence-corrected chi connectivity index (χ2v) is 7.75. The van der Waals surface area contributed by atoms with E-state index in [9.17, 15) is 9.59 Å². The smallest absolute Gasteiger partial charge is 0.341 e. The van der Waals surface area contributed by atoms with Gasteiger partial charge in [-0.05, 0) is 54.5 Å². The fourth-order valence-electron chi connectivity index (χ4n) is 3.20. The van der Waals surface area contributed by atoms with Crippen molar-refractivity contribution >= 4 is 34.3 Å². The second kappa shape index (κ2) is 8.39. The molecule has 0 fully saturated rings. The number of thiophene rings is 1. The van der Waals surface area contributed by atoms with Crippen molar-refractivity contribution in [3.05, 3.63) is 51.9 Å². The number of fused-ring (bicyclic) bond motifs is 1. The van der Waals surface area contributed by atoms with Gasteiger partial charge in [0.2, 0.25) is 5.91 Å². The van der Waals surface area contributed by atoms with Gasteiger partial charge in [0.15, 0.2) is 0 Å². The highest BCUT2D eigenvalue weighted by atomic mass is 32.1. The third-order valence-corrected chi connectivity index (χ3v) is 5.85. The first-order valence-electron chi connectivity index (χ1n) is 8.87. The Hall–Kier alpha value is -2.60. The number of nitrogens with one attached hydrogen (secondary N) is 1. The number of ether oxygens (including phenoxy) is 2. The molecule has 1 unspecified atom stereocenters. The van der Waals surface area contributed by atoms with E-state index in [0.717, 1.165) is 36.1 Å². The van der Waals surface area contributed by atoms with Crippen LogP contribution in [0.3, 0.4) is 0 Å². The molecule has 0 aliphatic heterocycles. The molecule has 1 aliphatic rings. The average molecular weight is 385 g/mol. The van der Waals surface area contributed by atoms with Crippen LogP contribution in [0.5, 0.6) is 5.75 Å². The summed E-state index contributed by atoms with van der Waals surface area (Å²) in [5.41, 5.74) is 2.42. The van der Waals surface area contributed by atoms with Gasteiger partial charge in [-0.2, -0.15) is 0 Å². The number of carbonyl (C=O) groups excluding carboxylic acids is 2.